The molecule has 0 fully saturated rings. The summed E-state index contributed by atoms with van der Waals surface area (Å²) in [5, 5.41) is 4.66. The maximum Gasteiger partial charge on any atom is 0.266 e. The van der Waals surface area contributed by atoms with Gasteiger partial charge in [0.05, 0.1) is 16.6 Å². The lowest BCUT2D eigenvalue weighted by atomic mass is 10.1. The SMILES string of the molecule is Cc1ccccc1-n1c(C)cc2c(cnc3ncnn32)c1=O. The first kappa shape index (κ1) is 12.7. The van der Waals surface area contributed by atoms with E-state index >= 15 is 0 Å². The van der Waals surface area contributed by atoms with E-state index in [4.69, 9.17) is 0 Å². The Morgan fingerprint density at radius 3 is 2.73 bits per heavy atom. The summed E-state index contributed by atoms with van der Waals surface area (Å²) in [4.78, 5) is 21.2. The first-order chi connectivity index (χ1) is 10.7. The molecule has 4 rings (SSSR count). The zero-order valence-electron chi connectivity index (χ0n) is 12.2. The van der Waals surface area contributed by atoms with Crippen LogP contribution in [0.3, 0.4) is 0 Å². The molecule has 1 aromatic carbocycles. The number of benzene rings is 1. The summed E-state index contributed by atoms with van der Waals surface area (Å²) >= 11 is 0. The van der Waals surface area contributed by atoms with Gasteiger partial charge in [-0.2, -0.15) is 14.6 Å². The predicted molar refractivity (Wildman–Crippen MR) is 83.4 cm³/mol. The number of nitrogens with zero attached hydrogens (tertiary/aromatic N) is 5. The average molecular weight is 291 g/mol. The molecular formula is C16H13N5O. The van der Waals surface area contributed by atoms with Gasteiger partial charge in [-0.25, -0.2) is 4.98 Å². The van der Waals surface area contributed by atoms with E-state index in [1.54, 1.807) is 15.3 Å². The Labute approximate surface area is 125 Å². The van der Waals surface area contributed by atoms with E-state index in [2.05, 4.69) is 15.1 Å². The van der Waals surface area contributed by atoms with Crippen molar-refractivity contribution in [3.63, 3.8) is 0 Å². The molecule has 0 saturated heterocycles. The van der Waals surface area contributed by atoms with E-state index in [9.17, 15) is 4.79 Å². The van der Waals surface area contributed by atoms with Crippen molar-refractivity contribution in [2.24, 2.45) is 0 Å². The van der Waals surface area contributed by atoms with E-state index in [1.165, 1.54) is 6.33 Å². The van der Waals surface area contributed by atoms with Crippen LogP contribution in [0.15, 0.2) is 47.7 Å². The van der Waals surface area contributed by atoms with E-state index < -0.39 is 0 Å². The summed E-state index contributed by atoms with van der Waals surface area (Å²) in [6.45, 7) is 3.90. The second-order valence-corrected chi connectivity index (χ2v) is 5.24. The number of hydrogen-bond acceptors (Lipinski definition) is 4. The third kappa shape index (κ3) is 1.67. The summed E-state index contributed by atoms with van der Waals surface area (Å²) in [6, 6.07) is 9.76. The normalized spacial score (nSPS) is 11.4. The van der Waals surface area contributed by atoms with Crippen LogP contribution in [0.5, 0.6) is 0 Å². The van der Waals surface area contributed by atoms with Gasteiger partial charge in [0.25, 0.3) is 11.3 Å². The fraction of sp³-hybridized carbons (Fsp3) is 0.125. The molecule has 108 valence electrons. The number of aromatic nitrogens is 5. The third-order valence-corrected chi connectivity index (χ3v) is 3.83. The number of para-hydroxylation sites is 1. The number of aryl methyl sites for hydroxylation is 2. The molecule has 0 atom stereocenters. The highest BCUT2D eigenvalue weighted by atomic mass is 16.1. The maximum absolute atomic E-state index is 12.9. The Bertz CT molecular complexity index is 1080. The van der Waals surface area contributed by atoms with Crippen molar-refractivity contribution >= 4 is 16.7 Å². The number of pyridine rings is 1. The lowest BCUT2D eigenvalue weighted by molar-refractivity contribution is 0.920. The standard InChI is InChI=1S/C16H13N5O/c1-10-5-3-4-6-13(10)20-11(2)7-14-12(15(20)22)8-17-16-18-9-19-21(14)16/h3-9H,1-2H3. The van der Waals surface area contributed by atoms with E-state index in [0.717, 1.165) is 22.5 Å². The summed E-state index contributed by atoms with van der Waals surface area (Å²) < 4.78 is 3.30. The molecule has 0 spiro atoms. The molecular weight excluding hydrogens is 278 g/mol. The minimum Gasteiger partial charge on any atom is -0.281 e. The number of rotatable bonds is 1. The largest absolute Gasteiger partial charge is 0.281 e. The molecule has 0 aliphatic carbocycles. The Morgan fingerprint density at radius 2 is 1.91 bits per heavy atom. The Balaban J connectivity index is 2.16. The highest BCUT2D eigenvalue weighted by Gasteiger charge is 2.13. The van der Waals surface area contributed by atoms with Crippen molar-refractivity contribution in [2.45, 2.75) is 13.8 Å². The van der Waals surface area contributed by atoms with Crippen molar-refractivity contribution in [3.05, 3.63) is 64.5 Å². The van der Waals surface area contributed by atoms with Gasteiger partial charge in [-0.1, -0.05) is 18.2 Å². The van der Waals surface area contributed by atoms with Gasteiger partial charge in [-0.15, -0.1) is 0 Å². The van der Waals surface area contributed by atoms with Gasteiger partial charge in [0.15, 0.2) is 0 Å². The van der Waals surface area contributed by atoms with Crippen molar-refractivity contribution < 1.29 is 0 Å². The minimum atomic E-state index is -0.103. The van der Waals surface area contributed by atoms with Gasteiger partial charge in [0, 0.05) is 11.9 Å². The summed E-state index contributed by atoms with van der Waals surface area (Å²) in [7, 11) is 0. The predicted octanol–water partition coefficient (Wildman–Crippen LogP) is 2.05. The van der Waals surface area contributed by atoms with E-state index in [1.807, 2.05) is 44.2 Å². The molecule has 0 saturated carbocycles. The maximum atomic E-state index is 12.9. The highest BCUT2D eigenvalue weighted by molar-refractivity contribution is 5.79. The van der Waals surface area contributed by atoms with Crippen molar-refractivity contribution in [1.82, 2.24) is 24.1 Å². The van der Waals surface area contributed by atoms with Crippen molar-refractivity contribution in [1.29, 1.82) is 0 Å². The van der Waals surface area contributed by atoms with Gasteiger partial charge in [0.1, 0.15) is 6.33 Å². The molecule has 3 heterocycles. The monoisotopic (exact) mass is 291 g/mol. The average Bonchev–Trinajstić information content (AvgIpc) is 2.98. The van der Waals surface area contributed by atoms with Crippen LogP contribution in [0, 0.1) is 13.8 Å². The molecule has 6 heteroatoms. The minimum absolute atomic E-state index is 0.103. The topological polar surface area (TPSA) is 65.1 Å². The van der Waals surface area contributed by atoms with Gasteiger partial charge < -0.3 is 0 Å². The van der Waals surface area contributed by atoms with Crippen LogP contribution in [-0.4, -0.2) is 24.1 Å². The molecule has 0 bridgehead atoms. The summed E-state index contributed by atoms with van der Waals surface area (Å²) in [6.07, 6.45) is 3.00. The highest BCUT2D eigenvalue weighted by Crippen LogP contribution is 2.17. The molecule has 0 aliphatic rings. The smallest absolute Gasteiger partial charge is 0.266 e. The lowest BCUT2D eigenvalue weighted by Gasteiger charge is -2.14. The Hall–Kier alpha value is -3.02. The molecule has 0 radical (unpaired) electrons. The molecule has 0 unspecified atom stereocenters. The first-order valence-corrected chi connectivity index (χ1v) is 6.94. The van der Waals surface area contributed by atoms with Crippen molar-refractivity contribution in [2.75, 3.05) is 0 Å². The van der Waals surface area contributed by atoms with Gasteiger partial charge >= 0.3 is 0 Å². The zero-order chi connectivity index (χ0) is 15.3. The fourth-order valence-corrected chi connectivity index (χ4v) is 2.76. The van der Waals surface area contributed by atoms with Crippen LogP contribution in [0.1, 0.15) is 11.3 Å². The van der Waals surface area contributed by atoms with Crippen LogP contribution in [0.25, 0.3) is 22.4 Å². The number of fused-ring (bicyclic) bond motifs is 3. The number of hydrogen-bond donors (Lipinski definition) is 0. The van der Waals surface area contributed by atoms with E-state index in [-0.39, 0.29) is 5.56 Å². The van der Waals surface area contributed by atoms with Gasteiger partial charge in [0.2, 0.25) is 0 Å². The molecule has 3 aromatic heterocycles. The van der Waals surface area contributed by atoms with Crippen LogP contribution < -0.4 is 5.56 Å². The molecule has 4 aromatic rings. The van der Waals surface area contributed by atoms with Crippen LogP contribution >= 0.6 is 0 Å². The second kappa shape index (κ2) is 4.49. The fourth-order valence-electron chi connectivity index (χ4n) is 2.76. The second-order valence-electron chi connectivity index (χ2n) is 5.24. The van der Waals surface area contributed by atoms with Crippen LogP contribution in [0.2, 0.25) is 0 Å². The molecule has 0 N–H and O–H groups in total. The zero-order valence-corrected chi connectivity index (χ0v) is 12.2. The van der Waals surface area contributed by atoms with E-state index in [0.29, 0.717) is 11.2 Å². The van der Waals surface area contributed by atoms with Gasteiger partial charge in [-0.3, -0.25) is 9.36 Å². The molecule has 22 heavy (non-hydrogen) atoms. The molecule has 0 aliphatic heterocycles. The summed E-state index contributed by atoms with van der Waals surface area (Å²) in [5.41, 5.74) is 3.38. The Morgan fingerprint density at radius 1 is 1.09 bits per heavy atom. The van der Waals surface area contributed by atoms with Gasteiger partial charge in [-0.05, 0) is 31.5 Å². The van der Waals surface area contributed by atoms with Crippen LogP contribution in [-0.2, 0) is 0 Å². The van der Waals surface area contributed by atoms with Crippen LogP contribution in [0.4, 0.5) is 0 Å². The molecule has 6 nitrogen and oxygen atoms in total. The first-order valence-electron chi connectivity index (χ1n) is 6.94. The molecule has 0 amide bonds. The lowest BCUT2D eigenvalue weighted by Crippen LogP contribution is -2.22. The Kier molecular flexibility index (Phi) is 2.59. The quantitative estimate of drug-likeness (QED) is 0.538. The third-order valence-electron chi connectivity index (χ3n) is 3.83. The summed E-state index contributed by atoms with van der Waals surface area (Å²) in [5.74, 6) is 0.486. The van der Waals surface area contributed by atoms with Crippen molar-refractivity contribution in [3.8, 4) is 5.69 Å².